The maximum Gasteiger partial charge on any atom is 0.489 e. The molecule has 2 N–H and O–H groups in total. The van der Waals surface area contributed by atoms with Crippen LogP contribution in [0.5, 0.6) is 0 Å². The molecular formula is C81H54BBrO4. The van der Waals surface area contributed by atoms with Gasteiger partial charge in [-0.15, -0.1) is 0 Å². The molecule has 0 aliphatic heterocycles. The second kappa shape index (κ2) is 21.9. The van der Waals surface area contributed by atoms with Gasteiger partial charge in [0.2, 0.25) is 0 Å². The average molecular weight is 1180 g/mol. The molecule has 0 radical (unpaired) electrons. The largest absolute Gasteiger partial charge is 0.489 e. The summed E-state index contributed by atoms with van der Waals surface area (Å²) in [6.45, 7) is 0. The molecule has 0 aliphatic carbocycles. The number of rotatable bonds is 4. The molecule has 0 atom stereocenters. The van der Waals surface area contributed by atoms with E-state index < -0.39 is 7.12 Å². The Balaban J connectivity index is 0.000000118. The van der Waals surface area contributed by atoms with Gasteiger partial charge in [-0.25, -0.2) is 0 Å². The van der Waals surface area contributed by atoms with Gasteiger partial charge >= 0.3 is 7.12 Å². The molecule has 0 amide bonds. The highest BCUT2D eigenvalue weighted by molar-refractivity contribution is 9.10. The quantitative estimate of drug-likeness (QED) is 0.105. The Labute approximate surface area is 510 Å². The zero-order valence-corrected chi connectivity index (χ0v) is 48.0. The van der Waals surface area contributed by atoms with Crippen LogP contribution in [0.15, 0.2) is 304 Å². The Bertz CT molecular complexity index is 5600. The first kappa shape index (κ1) is 53.4. The predicted molar refractivity (Wildman–Crippen MR) is 374 cm³/mol. The second-order valence-electron chi connectivity index (χ2n) is 22.0. The summed E-state index contributed by atoms with van der Waals surface area (Å²) in [6.07, 6.45) is 0. The summed E-state index contributed by atoms with van der Waals surface area (Å²) in [5.41, 5.74) is 11.6. The fraction of sp³-hybridized carbons (Fsp3) is 0.0123. The molecule has 0 aliphatic rings. The molecule has 412 valence electrons. The van der Waals surface area contributed by atoms with Crippen LogP contribution in [0.25, 0.3) is 163 Å². The summed E-state index contributed by atoms with van der Waals surface area (Å²) < 4.78 is 13.9. The SMILES string of the molecule is Brc1ccc2oc3c4ccccc4c4ccccc4c3c2c1.C.OB(O)c1c2ccccc2c(-c2ccccc2)c2ccccc12.c1ccc(-c2c3ccccc3c(-c3ccc4oc5c6ccccc6c6ccccc6c5c4c3)c3ccccc23)cc1. The normalized spacial score (nSPS) is 11.5. The molecule has 0 bridgehead atoms. The number of hydrogen-bond donors (Lipinski definition) is 2. The fourth-order valence-electron chi connectivity index (χ4n) is 13.7. The molecule has 16 aromatic carbocycles. The Morgan fingerprint density at radius 2 is 0.540 bits per heavy atom. The van der Waals surface area contributed by atoms with Crippen molar-refractivity contribution < 1.29 is 18.9 Å². The van der Waals surface area contributed by atoms with Crippen molar-refractivity contribution in [2.24, 2.45) is 0 Å². The van der Waals surface area contributed by atoms with E-state index in [-0.39, 0.29) is 7.43 Å². The first-order valence-electron chi connectivity index (χ1n) is 29.0. The molecule has 2 heterocycles. The van der Waals surface area contributed by atoms with Gasteiger partial charge in [0, 0.05) is 36.8 Å². The highest BCUT2D eigenvalue weighted by atomic mass is 79.9. The van der Waals surface area contributed by atoms with Gasteiger partial charge in [-0.3, -0.25) is 0 Å². The summed E-state index contributed by atoms with van der Waals surface area (Å²) in [6, 6.07) is 102. The Kier molecular flexibility index (Phi) is 13.5. The lowest BCUT2D eigenvalue weighted by atomic mass is 9.72. The van der Waals surface area contributed by atoms with Gasteiger partial charge in [-0.2, -0.15) is 0 Å². The van der Waals surface area contributed by atoms with Crippen molar-refractivity contribution in [2.45, 2.75) is 7.43 Å². The first-order valence-corrected chi connectivity index (χ1v) is 29.8. The molecule has 0 unspecified atom stereocenters. The van der Waals surface area contributed by atoms with E-state index >= 15 is 0 Å². The van der Waals surface area contributed by atoms with Gasteiger partial charge in [0.05, 0.1) is 0 Å². The molecule has 18 aromatic rings. The van der Waals surface area contributed by atoms with Crippen LogP contribution in [-0.2, 0) is 0 Å². The highest BCUT2D eigenvalue weighted by Crippen LogP contribution is 2.47. The average Bonchev–Trinajstić information content (AvgIpc) is 1.95. The standard InChI is InChI=1S/C40H24O.C20H15BO2.C20H11BrO.CH4/c1-2-12-25(13-3-1)37-30-17-7-9-19-32(30)38(33-20-10-8-18-31(33)37)26-22-23-36-35(24-26)39-29-16-6-4-14-27(29)28-15-5-11-21-34(28)40(39)41-36;22-21(23)20-17-12-6-4-10-15(17)19(14-8-2-1-3-9-14)16-11-5-7-13-18(16)20;21-12-9-10-18-17(11-12)19-15-7-3-1-5-13(15)14-6-2-4-8-16(14)20(19)22-18;/h1-24H;1-13,22-23H;1-11H;1H4. The Morgan fingerprint density at radius 3 is 0.931 bits per heavy atom. The smallest absolute Gasteiger partial charge is 0.455 e. The molecule has 18 rings (SSSR count). The molecule has 0 saturated carbocycles. The van der Waals surface area contributed by atoms with Crippen LogP contribution in [0.2, 0.25) is 0 Å². The topological polar surface area (TPSA) is 66.7 Å². The van der Waals surface area contributed by atoms with Gasteiger partial charge in [-0.1, -0.05) is 284 Å². The number of furan rings is 2. The van der Waals surface area contributed by atoms with Crippen molar-refractivity contribution in [3.8, 4) is 33.4 Å². The Hall–Kier alpha value is -10.3. The lowest BCUT2D eigenvalue weighted by molar-refractivity contribution is 0.426. The predicted octanol–water partition coefficient (Wildman–Crippen LogP) is 22.2. The van der Waals surface area contributed by atoms with Crippen molar-refractivity contribution in [1.82, 2.24) is 0 Å². The minimum atomic E-state index is -1.50. The molecule has 87 heavy (non-hydrogen) atoms. The van der Waals surface area contributed by atoms with Gasteiger partial charge in [0.25, 0.3) is 0 Å². The summed E-state index contributed by atoms with van der Waals surface area (Å²) in [4.78, 5) is 0. The van der Waals surface area contributed by atoms with E-state index in [0.717, 1.165) is 75.6 Å². The van der Waals surface area contributed by atoms with E-state index in [0.29, 0.717) is 5.46 Å². The van der Waals surface area contributed by atoms with E-state index in [1.807, 2.05) is 78.9 Å². The van der Waals surface area contributed by atoms with Crippen molar-refractivity contribution in [3.05, 3.63) is 296 Å². The Morgan fingerprint density at radius 1 is 0.253 bits per heavy atom. The summed E-state index contributed by atoms with van der Waals surface area (Å²) in [5, 5.41) is 43.2. The number of halogens is 1. The minimum absolute atomic E-state index is 0. The van der Waals surface area contributed by atoms with Gasteiger partial charge < -0.3 is 18.9 Å². The van der Waals surface area contributed by atoms with Crippen LogP contribution >= 0.6 is 15.9 Å². The molecule has 4 nitrogen and oxygen atoms in total. The minimum Gasteiger partial charge on any atom is -0.455 e. The molecule has 0 saturated heterocycles. The monoisotopic (exact) mass is 1180 g/mol. The third kappa shape index (κ3) is 8.83. The van der Waals surface area contributed by atoms with Crippen LogP contribution in [0.4, 0.5) is 0 Å². The fourth-order valence-corrected chi connectivity index (χ4v) is 14.0. The van der Waals surface area contributed by atoms with E-state index in [4.69, 9.17) is 8.83 Å². The van der Waals surface area contributed by atoms with Crippen molar-refractivity contribution >= 4 is 159 Å². The molecule has 2 aromatic heterocycles. The molecule has 0 fully saturated rings. The van der Waals surface area contributed by atoms with Crippen LogP contribution in [0.1, 0.15) is 7.43 Å². The van der Waals surface area contributed by atoms with Gasteiger partial charge in [-0.05, 0) is 145 Å². The number of benzene rings is 16. The van der Waals surface area contributed by atoms with Crippen LogP contribution in [0, 0.1) is 0 Å². The van der Waals surface area contributed by atoms with Gasteiger partial charge in [0.1, 0.15) is 22.3 Å². The van der Waals surface area contributed by atoms with Crippen LogP contribution in [-0.4, -0.2) is 17.2 Å². The van der Waals surface area contributed by atoms with Crippen molar-refractivity contribution in [1.29, 1.82) is 0 Å². The highest BCUT2D eigenvalue weighted by Gasteiger charge is 2.24. The summed E-state index contributed by atoms with van der Waals surface area (Å²) in [5.74, 6) is 0. The molecular weight excluding hydrogens is 1130 g/mol. The molecule has 6 heteroatoms. The second-order valence-corrected chi connectivity index (χ2v) is 22.9. The maximum atomic E-state index is 9.94. The summed E-state index contributed by atoms with van der Waals surface area (Å²) >= 11 is 3.57. The van der Waals surface area contributed by atoms with E-state index in [9.17, 15) is 10.0 Å². The third-order valence-corrected chi connectivity index (χ3v) is 17.7. The third-order valence-electron chi connectivity index (χ3n) is 17.2. The maximum absolute atomic E-state index is 9.94. The van der Waals surface area contributed by atoms with E-state index in [1.54, 1.807) is 0 Å². The zero-order chi connectivity index (χ0) is 57.4. The number of fused-ring (bicyclic) bond motifs is 20. The van der Waals surface area contributed by atoms with Crippen LogP contribution < -0.4 is 5.46 Å². The van der Waals surface area contributed by atoms with E-state index in [2.05, 4.69) is 228 Å². The first-order chi connectivity index (χ1) is 42.5. The van der Waals surface area contributed by atoms with Crippen molar-refractivity contribution in [3.63, 3.8) is 0 Å². The number of hydrogen-bond acceptors (Lipinski definition) is 4. The van der Waals surface area contributed by atoms with E-state index in [1.165, 1.54) is 92.3 Å². The molecule has 0 spiro atoms. The van der Waals surface area contributed by atoms with Crippen molar-refractivity contribution in [2.75, 3.05) is 0 Å². The van der Waals surface area contributed by atoms with Crippen LogP contribution in [0.3, 0.4) is 0 Å². The lowest BCUT2D eigenvalue weighted by Gasteiger charge is -2.17. The zero-order valence-electron chi connectivity index (χ0n) is 46.4. The summed E-state index contributed by atoms with van der Waals surface area (Å²) in [7, 11) is -1.50. The lowest BCUT2D eigenvalue weighted by Crippen LogP contribution is -2.31. The van der Waals surface area contributed by atoms with Gasteiger partial charge in [0.15, 0.2) is 0 Å².